The number of pyridine rings is 2. The van der Waals surface area contributed by atoms with Crippen molar-refractivity contribution in [3.63, 3.8) is 0 Å². The summed E-state index contributed by atoms with van der Waals surface area (Å²) in [5.41, 5.74) is 2.39. The smallest absolute Gasteiger partial charge is 0.416 e. The standard InChI is InChI=1S/C32H35F3N6O3/c1-3-7-39-8-10-40(11-9-39)12-17-44-31-29(41-13-15-43-16-14-41)19-25(21-37-31)28-20-27(22-36-23(28)2)38-30(42)24-5-4-6-26(18-24)32(33,34)35/h1,4-6,18-22H,7-17H2,2H3,(H,38,42). The molecule has 2 aromatic heterocycles. The molecule has 2 fully saturated rings. The van der Waals surface area contributed by atoms with Crippen LogP contribution in [-0.4, -0.2) is 97.9 Å². The third-order valence-electron chi connectivity index (χ3n) is 7.72. The van der Waals surface area contributed by atoms with Crippen LogP contribution < -0.4 is 15.0 Å². The van der Waals surface area contributed by atoms with Gasteiger partial charge >= 0.3 is 6.18 Å². The number of carbonyl (C=O) groups excluding carboxylic acids is 1. The van der Waals surface area contributed by atoms with Crippen LogP contribution in [0.2, 0.25) is 0 Å². The van der Waals surface area contributed by atoms with Crippen molar-refractivity contribution in [1.82, 2.24) is 19.8 Å². The van der Waals surface area contributed by atoms with Crippen LogP contribution in [0.15, 0.2) is 48.8 Å². The molecule has 0 radical (unpaired) electrons. The maximum atomic E-state index is 13.2. The van der Waals surface area contributed by atoms with E-state index in [1.54, 1.807) is 12.3 Å². The van der Waals surface area contributed by atoms with Crippen LogP contribution in [0.5, 0.6) is 5.88 Å². The summed E-state index contributed by atoms with van der Waals surface area (Å²) in [4.78, 5) is 28.7. The first kappa shape index (κ1) is 31.3. The van der Waals surface area contributed by atoms with E-state index in [2.05, 4.69) is 35.9 Å². The molecule has 44 heavy (non-hydrogen) atoms. The molecule has 0 saturated carbocycles. The van der Waals surface area contributed by atoms with Gasteiger partial charge in [0, 0.05) is 74.4 Å². The van der Waals surface area contributed by atoms with Crippen molar-refractivity contribution < 1.29 is 27.4 Å². The quantitative estimate of drug-likeness (QED) is 0.363. The Morgan fingerprint density at radius 3 is 2.52 bits per heavy atom. The number of halogens is 3. The fraction of sp³-hybridized carbons (Fsp3) is 0.406. The molecule has 0 spiro atoms. The number of hydrogen-bond acceptors (Lipinski definition) is 8. The Balaban J connectivity index is 1.32. The summed E-state index contributed by atoms with van der Waals surface area (Å²) in [6.45, 7) is 10.0. The van der Waals surface area contributed by atoms with Crippen molar-refractivity contribution >= 4 is 17.3 Å². The van der Waals surface area contributed by atoms with Crippen molar-refractivity contribution in [3.8, 4) is 29.4 Å². The number of aryl methyl sites for hydroxylation is 1. The van der Waals surface area contributed by atoms with E-state index in [1.807, 2.05) is 13.0 Å². The number of ether oxygens (including phenoxy) is 2. The van der Waals surface area contributed by atoms with Crippen molar-refractivity contribution in [2.75, 3.05) is 82.4 Å². The molecule has 2 saturated heterocycles. The molecule has 9 nitrogen and oxygen atoms in total. The zero-order valence-corrected chi connectivity index (χ0v) is 24.6. The lowest BCUT2D eigenvalue weighted by Crippen LogP contribution is -2.47. The molecule has 2 aliphatic heterocycles. The summed E-state index contributed by atoms with van der Waals surface area (Å²) in [6, 6.07) is 8.04. The molecule has 0 bridgehead atoms. The van der Waals surface area contributed by atoms with Gasteiger partial charge in [0.1, 0.15) is 12.3 Å². The lowest BCUT2D eigenvalue weighted by molar-refractivity contribution is -0.137. The molecule has 0 atom stereocenters. The minimum absolute atomic E-state index is 0.103. The number of rotatable bonds is 9. The monoisotopic (exact) mass is 608 g/mol. The second-order valence-electron chi connectivity index (χ2n) is 10.7. The molecule has 232 valence electrons. The van der Waals surface area contributed by atoms with Crippen molar-refractivity contribution in [1.29, 1.82) is 0 Å². The number of terminal acetylenes is 1. The number of benzene rings is 1. The average molecular weight is 609 g/mol. The predicted molar refractivity (Wildman–Crippen MR) is 162 cm³/mol. The van der Waals surface area contributed by atoms with Gasteiger partial charge in [0.2, 0.25) is 5.88 Å². The van der Waals surface area contributed by atoms with Gasteiger partial charge in [-0.1, -0.05) is 12.0 Å². The lowest BCUT2D eigenvalue weighted by Gasteiger charge is -2.33. The second-order valence-corrected chi connectivity index (χ2v) is 10.7. The van der Waals surface area contributed by atoms with Crippen molar-refractivity contribution in [2.45, 2.75) is 13.1 Å². The average Bonchev–Trinajstić information content (AvgIpc) is 3.03. The third kappa shape index (κ3) is 7.85. The van der Waals surface area contributed by atoms with Gasteiger partial charge in [-0.3, -0.25) is 19.6 Å². The van der Waals surface area contributed by atoms with E-state index in [0.717, 1.165) is 61.7 Å². The van der Waals surface area contributed by atoms with Crippen LogP contribution >= 0.6 is 0 Å². The Morgan fingerprint density at radius 1 is 1.05 bits per heavy atom. The van der Waals surface area contributed by atoms with E-state index in [4.69, 9.17) is 15.9 Å². The molecule has 1 amide bonds. The number of hydrogen-bond donors (Lipinski definition) is 1. The molecule has 4 heterocycles. The zero-order valence-electron chi connectivity index (χ0n) is 24.6. The molecule has 2 aliphatic rings. The third-order valence-corrected chi connectivity index (χ3v) is 7.72. The van der Waals surface area contributed by atoms with Crippen molar-refractivity contribution in [3.05, 3.63) is 65.6 Å². The van der Waals surface area contributed by atoms with Gasteiger partial charge in [-0.25, -0.2) is 4.98 Å². The van der Waals surface area contributed by atoms with E-state index in [0.29, 0.717) is 56.7 Å². The Labute approximate surface area is 255 Å². The topological polar surface area (TPSA) is 83.1 Å². The van der Waals surface area contributed by atoms with Crippen LogP contribution in [0, 0.1) is 19.3 Å². The fourth-order valence-electron chi connectivity index (χ4n) is 5.24. The zero-order chi connectivity index (χ0) is 31.1. The van der Waals surface area contributed by atoms with Gasteiger partial charge in [0.05, 0.1) is 37.2 Å². The van der Waals surface area contributed by atoms with E-state index < -0.39 is 17.6 Å². The molecule has 12 heteroatoms. The second kappa shape index (κ2) is 14.1. The fourth-order valence-corrected chi connectivity index (χ4v) is 5.24. The highest BCUT2D eigenvalue weighted by Gasteiger charge is 2.31. The van der Waals surface area contributed by atoms with Gasteiger partial charge in [-0.2, -0.15) is 13.2 Å². The largest absolute Gasteiger partial charge is 0.475 e. The van der Waals surface area contributed by atoms with Crippen LogP contribution in [0.4, 0.5) is 24.5 Å². The predicted octanol–water partition coefficient (Wildman–Crippen LogP) is 4.19. The van der Waals surface area contributed by atoms with Crippen LogP contribution in [0.25, 0.3) is 11.1 Å². The van der Waals surface area contributed by atoms with Gasteiger partial charge in [-0.15, -0.1) is 6.42 Å². The first-order valence-corrected chi connectivity index (χ1v) is 14.5. The van der Waals surface area contributed by atoms with Gasteiger partial charge in [0.25, 0.3) is 5.91 Å². The first-order chi connectivity index (χ1) is 21.2. The Hall–Kier alpha value is -4.18. The normalized spacial score (nSPS) is 16.4. The molecular formula is C32H35F3N6O3. The van der Waals surface area contributed by atoms with Gasteiger partial charge < -0.3 is 19.7 Å². The lowest BCUT2D eigenvalue weighted by atomic mass is 10.0. The molecular weight excluding hydrogens is 573 g/mol. The number of amides is 1. The minimum atomic E-state index is -4.55. The Kier molecular flexibility index (Phi) is 9.99. The number of alkyl halides is 3. The molecule has 1 aromatic carbocycles. The minimum Gasteiger partial charge on any atom is -0.475 e. The van der Waals surface area contributed by atoms with Crippen molar-refractivity contribution in [2.24, 2.45) is 0 Å². The van der Waals surface area contributed by atoms with Crippen LogP contribution in [0.1, 0.15) is 21.6 Å². The maximum Gasteiger partial charge on any atom is 0.416 e. The van der Waals surface area contributed by atoms with Gasteiger partial charge in [-0.05, 0) is 37.3 Å². The van der Waals surface area contributed by atoms with Crippen LogP contribution in [0.3, 0.4) is 0 Å². The van der Waals surface area contributed by atoms with Gasteiger partial charge in [0.15, 0.2) is 0 Å². The SMILES string of the molecule is C#CCN1CCN(CCOc2ncc(-c3cc(NC(=O)c4cccc(C(F)(F)F)c4)cnc3C)cc2N2CCOCC2)CC1. The van der Waals surface area contributed by atoms with E-state index in [1.165, 1.54) is 18.3 Å². The number of piperazine rings is 1. The summed E-state index contributed by atoms with van der Waals surface area (Å²) in [5.74, 6) is 2.57. The highest BCUT2D eigenvalue weighted by atomic mass is 19.4. The summed E-state index contributed by atoms with van der Waals surface area (Å²) in [7, 11) is 0. The van der Waals surface area contributed by atoms with E-state index >= 15 is 0 Å². The number of nitrogens with one attached hydrogen (secondary N) is 1. The molecule has 0 aliphatic carbocycles. The first-order valence-electron chi connectivity index (χ1n) is 14.5. The Morgan fingerprint density at radius 2 is 1.80 bits per heavy atom. The summed E-state index contributed by atoms with van der Waals surface area (Å²) in [5, 5.41) is 2.67. The number of nitrogens with zero attached hydrogens (tertiary/aromatic N) is 5. The number of morpholine rings is 1. The number of carbonyl (C=O) groups is 1. The summed E-state index contributed by atoms with van der Waals surface area (Å²) < 4.78 is 51.2. The number of anilines is 2. The molecule has 1 N–H and O–H groups in total. The highest BCUT2D eigenvalue weighted by Crippen LogP contribution is 2.34. The molecule has 5 rings (SSSR count). The molecule has 3 aromatic rings. The molecule has 0 unspecified atom stereocenters. The summed E-state index contributed by atoms with van der Waals surface area (Å²) >= 11 is 0. The highest BCUT2D eigenvalue weighted by molar-refractivity contribution is 6.04. The summed E-state index contributed by atoms with van der Waals surface area (Å²) in [6.07, 6.45) is 4.08. The number of aromatic nitrogens is 2. The van der Waals surface area contributed by atoms with E-state index in [9.17, 15) is 18.0 Å². The van der Waals surface area contributed by atoms with E-state index in [-0.39, 0.29) is 5.56 Å². The maximum absolute atomic E-state index is 13.2. The Bertz CT molecular complexity index is 1500. The van der Waals surface area contributed by atoms with Crippen LogP contribution in [-0.2, 0) is 10.9 Å².